The summed E-state index contributed by atoms with van der Waals surface area (Å²) in [6.07, 6.45) is 0.0687. The van der Waals surface area contributed by atoms with Crippen LogP contribution in [-0.2, 0) is 0 Å². The lowest BCUT2D eigenvalue weighted by Gasteiger charge is -2.10. The highest BCUT2D eigenvalue weighted by Gasteiger charge is 2.14. The lowest BCUT2D eigenvalue weighted by Crippen LogP contribution is -2.26. The molecule has 3 N–H and O–H groups in total. The van der Waals surface area contributed by atoms with E-state index in [2.05, 4.69) is 0 Å². The van der Waals surface area contributed by atoms with Crippen molar-refractivity contribution in [3.05, 3.63) is 0 Å². The van der Waals surface area contributed by atoms with Gasteiger partial charge in [-0.05, 0) is 0 Å². The third-order valence-electron chi connectivity index (χ3n) is 0.585. The number of hydrogen-bond acceptors (Lipinski definition) is 3. The van der Waals surface area contributed by atoms with E-state index in [1.54, 1.807) is 0 Å². The standard InChI is InChI=1S/C3H10O3Si/c4-3(5,6)1-2-7/h4-6H,1-2H2,7H3. The van der Waals surface area contributed by atoms with Gasteiger partial charge in [-0.3, -0.25) is 0 Å². The molecule has 0 aliphatic rings. The van der Waals surface area contributed by atoms with E-state index in [1.807, 2.05) is 0 Å². The zero-order chi connectivity index (χ0) is 5.91. The Bertz CT molecular complexity index is 48.6. The SMILES string of the molecule is OC(O)(O)CC[SiH3]. The van der Waals surface area contributed by atoms with Gasteiger partial charge in [-0.1, -0.05) is 6.04 Å². The third-order valence-corrected chi connectivity index (χ3v) is 1.09. The summed E-state index contributed by atoms with van der Waals surface area (Å²) in [7, 11) is 0.890. The summed E-state index contributed by atoms with van der Waals surface area (Å²) in [5, 5.41) is 24.5. The summed E-state index contributed by atoms with van der Waals surface area (Å²) in [5.41, 5.74) is 0. The molecule has 4 heteroatoms. The molecule has 0 bridgehead atoms. The van der Waals surface area contributed by atoms with E-state index < -0.39 is 5.97 Å². The first-order chi connectivity index (χ1) is 3.06. The molecule has 0 aliphatic carbocycles. The van der Waals surface area contributed by atoms with E-state index in [4.69, 9.17) is 15.3 Å². The Morgan fingerprint density at radius 3 is 1.71 bits per heavy atom. The molecular weight excluding hydrogens is 112 g/mol. The molecule has 0 unspecified atom stereocenters. The fraction of sp³-hybridized carbons (Fsp3) is 1.00. The van der Waals surface area contributed by atoms with Gasteiger partial charge >= 0.3 is 0 Å². The summed E-state index contributed by atoms with van der Waals surface area (Å²) in [4.78, 5) is 0. The monoisotopic (exact) mass is 122 g/mol. The molecule has 3 nitrogen and oxygen atoms in total. The number of rotatable bonds is 2. The Kier molecular flexibility index (Phi) is 2.45. The molecular formula is C3H10O3Si. The molecule has 0 aliphatic heterocycles. The second kappa shape index (κ2) is 2.42. The van der Waals surface area contributed by atoms with Crippen LogP contribution in [0.15, 0.2) is 0 Å². The van der Waals surface area contributed by atoms with Gasteiger partial charge in [-0.15, -0.1) is 0 Å². The molecule has 0 radical (unpaired) electrons. The minimum atomic E-state index is -2.41. The number of hydrogen-bond donors (Lipinski definition) is 3. The van der Waals surface area contributed by atoms with Crippen molar-refractivity contribution in [1.82, 2.24) is 0 Å². The molecule has 0 amide bonds. The summed E-state index contributed by atoms with van der Waals surface area (Å²) in [6, 6.07) is 0.698. The predicted molar refractivity (Wildman–Crippen MR) is 28.8 cm³/mol. The molecule has 0 spiro atoms. The minimum Gasteiger partial charge on any atom is -0.344 e. The third kappa shape index (κ3) is 6.10. The zero-order valence-corrected chi connectivity index (χ0v) is 6.26. The normalized spacial score (nSPS) is 12.4. The summed E-state index contributed by atoms with van der Waals surface area (Å²) < 4.78 is 0. The Labute approximate surface area is 45.0 Å². The summed E-state index contributed by atoms with van der Waals surface area (Å²) in [5.74, 6) is -2.41. The number of aliphatic hydroxyl groups is 3. The van der Waals surface area contributed by atoms with Crippen LogP contribution in [0.2, 0.25) is 6.04 Å². The average molecular weight is 122 g/mol. The Morgan fingerprint density at radius 2 is 1.71 bits per heavy atom. The molecule has 0 aromatic heterocycles. The lowest BCUT2D eigenvalue weighted by molar-refractivity contribution is -0.311. The Balaban J connectivity index is 3.15. The fourth-order valence-corrected chi connectivity index (χ4v) is 1.01. The molecule has 0 heterocycles. The molecule has 0 rings (SSSR count). The average Bonchev–Trinajstić information content (AvgIpc) is 1.30. The van der Waals surface area contributed by atoms with Crippen LogP contribution in [0.25, 0.3) is 0 Å². The minimum absolute atomic E-state index is 0.0687. The second-order valence-electron chi connectivity index (χ2n) is 1.52. The molecule has 0 saturated carbocycles. The van der Waals surface area contributed by atoms with Crippen molar-refractivity contribution in [1.29, 1.82) is 0 Å². The first-order valence-electron chi connectivity index (χ1n) is 2.23. The first-order valence-corrected chi connectivity index (χ1v) is 3.65. The van der Waals surface area contributed by atoms with Crippen molar-refractivity contribution in [3.8, 4) is 0 Å². The lowest BCUT2D eigenvalue weighted by atomic mass is 10.4. The van der Waals surface area contributed by atoms with Gasteiger partial charge in [0.2, 0.25) is 0 Å². The Hall–Kier alpha value is 0.0969. The smallest absolute Gasteiger partial charge is 0.274 e. The van der Waals surface area contributed by atoms with Gasteiger partial charge in [0.25, 0.3) is 5.97 Å². The fourth-order valence-electron chi connectivity index (χ4n) is 0.335. The van der Waals surface area contributed by atoms with Gasteiger partial charge in [0.1, 0.15) is 0 Å². The first kappa shape index (κ1) is 7.10. The largest absolute Gasteiger partial charge is 0.344 e. The highest BCUT2D eigenvalue weighted by molar-refractivity contribution is 6.08. The van der Waals surface area contributed by atoms with Crippen molar-refractivity contribution in [2.45, 2.75) is 18.4 Å². The quantitative estimate of drug-likeness (QED) is 0.287. The van der Waals surface area contributed by atoms with E-state index in [1.165, 1.54) is 0 Å². The van der Waals surface area contributed by atoms with Crippen LogP contribution in [0.5, 0.6) is 0 Å². The van der Waals surface area contributed by atoms with Crippen molar-refractivity contribution in [2.24, 2.45) is 0 Å². The van der Waals surface area contributed by atoms with Crippen LogP contribution >= 0.6 is 0 Å². The van der Waals surface area contributed by atoms with Crippen LogP contribution in [-0.4, -0.2) is 31.5 Å². The maximum absolute atomic E-state index is 8.15. The van der Waals surface area contributed by atoms with E-state index in [-0.39, 0.29) is 6.42 Å². The van der Waals surface area contributed by atoms with Crippen molar-refractivity contribution in [2.75, 3.05) is 0 Å². The molecule has 7 heavy (non-hydrogen) atoms. The van der Waals surface area contributed by atoms with Crippen LogP contribution in [0, 0.1) is 0 Å². The molecule has 0 fully saturated rings. The van der Waals surface area contributed by atoms with Crippen molar-refractivity contribution < 1.29 is 15.3 Å². The van der Waals surface area contributed by atoms with Crippen molar-refractivity contribution >= 4 is 10.2 Å². The van der Waals surface area contributed by atoms with Gasteiger partial charge in [0.05, 0.1) is 0 Å². The highest BCUT2D eigenvalue weighted by Crippen LogP contribution is 2.00. The van der Waals surface area contributed by atoms with E-state index >= 15 is 0 Å². The molecule has 0 aromatic carbocycles. The maximum atomic E-state index is 8.15. The van der Waals surface area contributed by atoms with Gasteiger partial charge in [-0.25, -0.2) is 0 Å². The summed E-state index contributed by atoms with van der Waals surface area (Å²) in [6.45, 7) is 0. The molecule has 44 valence electrons. The Morgan fingerprint density at radius 1 is 1.29 bits per heavy atom. The predicted octanol–water partition coefficient (Wildman–Crippen LogP) is -2.21. The van der Waals surface area contributed by atoms with E-state index in [9.17, 15) is 0 Å². The topological polar surface area (TPSA) is 60.7 Å². The van der Waals surface area contributed by atoms with Gasteiger partial charge in [0, 0.05) is 16.7 Å². The van der Waals surface area contributed by atoms with Crippen LogP contribution in [0.4, 0.5) is 0 Å². The van der Waals surface area contributed by atoms with Crippen molar-refractivity contribution in [3.63, 3.8) is 0 Å². The van der Waals surface area contributed by atoms with Gasteiger partial charge < -0.3 is 15.3 Å². The summed E-state index contributed by atoms with van der Waals surface area (Å²) >= 11 is 0. The maximum Gasteiger partial charge on any atom is 0.274 e. The zero-order valence-electron chi connectivity index (χ0n) is 4.26. The van der Waals surface area contributed by atoms with Crippen LogP contribution in [0.3, 0.4) is 0 Å². The van der Waals surface area contributed by atoms with Crippen LogP contribution in [0.1, 0.15) is 6.42 Å². The van der Waals surface area contributed by atoms with Gasteiger partial charge in [-0.2, -0.15) is 0 Å². The molecule has 0 aromatic rings. The van der Waals surface area contributed by atoms with Gasteiger partial charge in [0.15, 0.2) is 0 Å². The van der Waals surface area contributed by atoms with Crippen LogP contribution < -0.4 is 0 Å². The molecule has 0 atom stereocenters. The highest BCUT2D eigenvalue weighted by atomic mass is 28.1. The van der Waals surface area contributed by atoms with E-state index in [0.29, 0.717) is 6.04 Å². The van der Waals surface area contributed by atoms with E-state index in [0.717, 1.165) is 10.2 Å². The second-order valence-corrected chi connectivity index (χ2v) is 2.52. The molecule has 0 saturated heterocycles.